The van der Waals surface area contributed by atoms with Crippen LogP contribution in [0, 0.1) is 0 Å². The molecule has 0 aliphatic heterocycles. The Kier molecular flexibility index (Phi) is 4.25. The minimum Gasteiger partial charge on any atom is -0.496 e. The average molecular weight is 244 g/mol. The van der Waals surface area contributed by atoms with Crippen molar-refractivity contribution in [3.05, 3.63) is 23.8 Å². The van der Waals surface area contributed by atoms with E-state index in [1.54, 1.807) is 12.1 Å². The van der Waals surface area contributed by atoms with Crippen molar-refractivity contribution >= 4 is 11.6 Å². The van der Waals surface area contributed by atoms with Crippen molar-refractivity contribution in [1.82, 2.24) is 4.90 Å². The van der Waals surface area contributed by atoms with E-state index in [-0.39, 0.29) is 17.0 Å². The molecule has 1 aromatic rings. The predicted octanol–water partition coefficient (Wildman–Crippen LogP) is 1.61. The number of benzene rings is 1. The molecule has 0 fully saturated rings. The maximum absolute atomic E-state index is 12.2. The number of anilines is 1. The van der Waals surface area contributed by atoms with Gasteiger partial charge in [-0.05, 0) is 12.1 Å². The monoisotopic (exact) mass is 244 g/mol. The number of carbonyl (C=O) groups excluding carboxylic acids is 1. The van der Waals surface area contributed by atoms with Gasteiger partial charge in [-0.2, -0.15) is 0 Å². The fraction of sp³-hybridized carbons (Fsp3) is 0.364. The van der Waals surface area contributed by atoms with Crippen LogP contribution in [0.2, 0.25) is 0 Å². The van der Waals surface area contributed by atoms with Gasteiger partial charge in [0.2, 0.25) is 0 Å². The second-order valence-electron chi connectivity index (χ2n) is 3.50. The molecule has 17 heavy (non-hydrogen) atoms. The van der Waals surface area contributed by atoms with E-state index >= 15 is 0 Å². The van der Waals surface area contributed by atoms with Crippen LogP contribution in [-0.2, 0) is 0 Å². The molecule has 4 nitrogen and oxygen atoms in total. The highest BCUT2D eigenvalue weighted by atomic mass is 19.3. The Labute approximate surface area is 98.0 Å². The lowest BCUT2D eigenvalue weighted by Gasteiger charge is -2.19. The summed E-state index contributed by atoms with van der Waals surface area (Å²) in [5, 5.41) is 0. The summed E-state index contributed by atoms with van der Waals surface area (Å²) in [6.45, 7) is -0.643. The molecule has 6 heteroatoms. The molecule has 0 atom stereocenters. The van der Waals surface area contributed by atoms with Gasteiger partial charge in [-0.25, -0.2) is 8.78 Å². The Hall–Kier alpha value is -1.85. The van der Waals surface area contributed by atoms with Gasteiger partial charge in [-0.15, -0.1) is 0 Å². The normalized spacial score (nSPS) is 10.4. The largest absolute Gasteiger partial charge is 0.496 e. The number of amides is 1. The van der Waals surface area contributed by atoms with Crippen LogP contribution in [0.15, 0.2) is 18.2 Å². The summed E-state index contributed by atoms with van der Waals surface area (Å²) in [5.41, 5.74) is 5.96. The van der Waals surface area contributed by atoms with Gasteiger partial charge in [0, 0.05) is 12.7 Å². The van der Waals surface area contributed by atoms with E-state index < -0.39 is 18.9 Å². The van der Waals surface area contributed by atoms with Gasteiger partial charge >= 0.3 is 0 Å². The molecule has 0 aliphatic carbocycles. The third kappa shape index (κ3) is 3.05. The molecule has 94 valence electrons. The SMILES string of the molecule is COc1cccc(N)c1C(=O)N(C)CC(F)F. The molecule has 0 heterocycles. The molecular weight excluding hydrogens is 230 g/mol. The molecular formula is C11H14F2N2O2. The summed E-state index contributed by atoms with van der Waals surface area (Å²) >= 11 is 0. The number of carbonyl (C=O) groups is 1. The van der Waals surface area contributed by atoms with E-state index in [0.717, 1.165) is 4.90 Å². The second-order valence-corrected chi connectivity index (χ2v) is 3.50. The minimum absolute atomic E-state index is 0.109. The van der Waals surface area contributed by atoms with Gasteiger partial charge < -0.3 is 15.4 Å². The molecule has 0 saturated heterocycles. The van der Waals surface area contributed by atoms with Crippen LogP contribution in [0.1, 0.15) is 10.4 Å². The molecule has 0 bridgehead atoms. The van der Waals surface area contributed by atoms with Gasteiger partial charge in [-0.1, -0.05) is 6.07 Å². The molecule has 0 saturated carbocycles. The molecule has 0 unspecified atom stereocenters. The first-order chi connectivity index (χ1) is 7.97. The molecule has 1 aromatic carbocycles. The summed E-state index contributed by atoms with van der Waals surface area (Å²) in [6.07, 6.45) is -2.58. The Balaban J connectivity index is 3.03. The van der Waals surface area contributed by atoms with Crippen LogP contribution in [0.5, 0.6) is 5.75 Å². The number of nitrogens with zero attached hydrogens (tertiary/aromatic N) is 1. The summed E-state index contributed by atoms with van der Waals surface area (Å²) in [6, 6.07) is 4.70. The Morgan fingerprint density at radius 2 is 2.18 bits per heavy atom. The first-order valence-corrected chi connectivity index (χ1v) is 4.93. The maximum Gasteiger partial charge on any atom is 0.259 e. The zero-order chi connectivity index (χ0) is 13.0. The van der Waals surface area contributed by atoms with E-state index in [2.05, 4.69) is 0 Å². The highest BCUT2D eigenvalue weighted by molar-refractivity contribution is 6.01. The zero-order valence-corrected chi connectivity index (χ0v) is 9.61. The average Bonchev–Trinajstić information content (AvgIpc) is 2.26. The molecule has 1 amide bonds. The number of nitrogen functional groups attached to an aromatic ring is 1. The van der Waals surface area contributed by atoms with Crippen LogP contribution >= 0.6 is 0 Å². The van der Waals surface area contributed by atoms with E-state index in [4.69, 9.17) is 10.5 Å². The third-order valence-electron chi connectivity index (χ3n) is 2.25. The minimum atomic E-state index is -2.58. The van der Waals surface area contributed by atoms with Gasteiger partial charge in [-0.3, -0.25) is 4.79 Å². The van der Waals surface area contributed by atoms with Gasteiger partial charge in [0.25, 0.3) is 12.3 Å². The molecule has 2 N–H and O–H groups in total. The highest BCUT2D eigenvalue weighted by Crippen LogP contribution is 2.25. The van der Waals surface area contributed by atoms with Crippen LogP contribution in [0.25, 0.3) is 0 Å². The van der Waals surface area contributed by atoms with E-state index in [1.165, 1.54) is 20.2 Å². The van der Waals surface area contributed by atoms with Gasteiger partial charge in [0.1, 0.15) is 11.3 Å². The number of hydrogen-bond acceptors (Lipinski definition) is 3. The summed E-state index contributed by atoms with van der Waals surface area (Å²) in [7, 11) is 2.68. The Morgan fingerprint density at radius 1 is 1.53 bits per heavy atom. The van der Waals surface area contributed by atoms with Crippen molar-refractivity contribution in [3.8, 4) is 5.75 Å². The van der Waals surface area contributed by atoms with Crippen molar-refractivity contribution in [2.24, 2.45) is 0 Å². The Bertz CT molecular complexity index is 410. The molecule has 0 aromatic heterocycles. The van der Waals surface area contributed by atoms with Crippen LogP contribution < -0.4 is 10.5 Å². The lowest BCUT2D eigenvalue weighted by Crippen LogP contribution is -2.32. The van der Waals surface area contributed by atoms with Crippen molar-refractivity contribution < 1.29 is 18.3 Å². The molecule has 0 spiro atoms. The first kappa shape index (κ1) is 13.2. The fourth-order valence-electron chi connectivity index (χ4n) is 1.43. The first-order valence-electron chi connectivity index (χ1n) is 4.93. The summed E-state index contributed by atoms with van der Waals surface area (Å²) in [4.78, 5) is 12.8. The molecule has 1 rings (SSSR count). The van der Waals surface area contributed by atoms with Crippen LogP contribution in [0.3, 0.4) is 0 Å². The van der Waals surface area contributed by atoms with Crippen molar-refractivity contribution in [2.75, 3.05) is 26.4 Å². The van der Waals surface area contributed by atoms with Crippen molar-refractivity contribution in [1.29, 1.82) is 0 Å². The maximum atomic E-state index is 12.2. The summed E-state index contributed by atoms with van der Waals surface area (Å²) < 4.78 is 29.4. The summed E-state index contributed by atoms with van der Waals surface area (Å²) in [5.74, 6) is -0.309. The molecule has 0 radical (unpaired) electrons. The number of methoxy groups -OCH3 is 1. The fourth-order valence-corrected chi connectivity index (χ4v) is 1.43. The van der Waals surface area contributed by atoms with Crippen molar-refractivity contribution in [2.45, 2.75) is 6.43 Å². The second kappa shape index (κ2) is 5.47. The predicted molar refractivity (Wildman–Crippen MR) is 60.4 cm³/mol. The number of alkyl halides is 2. The number of rotatable bonds is 4. The third-order valence-corrected chi connectivity index (χ3v) is 2.25. The standard InChI is InChI=1S/C11H14F2N2O2/c1-15(6-9(12)13)11(16)10-7(14)4-3-5-8(10)17-2/h3-5,9H,6,14H2,1-2H3. The lowest BCUT2D eigenvalue weighted by molar-refractivity contribution is 0.0618. The number of ether oxygens (including phenoxy) is 1. The number of halogens is 2. The van der Waals surface area contributed by atoms with Crippen LogP contribution in [-0.4, -0.2) is 37.9 Å². The van der Waals surface area contributed by atoms with Gasteiger partial charge in [0.15, 0.2) is 0 Å². The smallest absolute Gasteiger partial charge is 0.259 e. The van der Waals surface area contributed by atoms with E-state index in [9.17, 15) is 13.6 Å². The Morgan fingerprint density at radius 3 is 2.71 bits per heavy atom. The highest BCUT2D eigenvalue weighted by Gasteiger charge is 2.21. The lowest BCUT2D eigenvalue weighted by atomic mass is 10.1. The zero-order valence-electron chi connectivity index (χ0n) is 9.61. The number of hydrogen-bond donors (Lipinski definition) is 1. The van der Waals surface area contributed by atoms with Crippen LogP contribution in [0.4, 0.5) is 14.5 Å². The van der Waals surface area contributed by atoms with E-state index in [0.29, 0.717) is 0 Å². The topological polar surface area (TPSA) is 55.6 Å². The van der Waals surface area contributed by atoms with Crippen molar-refractivity contribution in [3.63, 3.8) is 0 Å². The molecule has 0 aliphatic rings. The number of nitrogens with two attached hydrogens (primary N) is 1. The van der Waals surface area contributed by atoms with Gasteiger partial charge in [0.05, 0.1) is 13.7 Å². The quantitative estimate of drug-likeness (QED) is 0.819. The van der Waals surface area contributed by atoms with E-state index in [1.807, 2.05) is 0 Å².